The second-order valence-corrected chi connectivity index (χ2v) is 8.92. The summed E-state index contributed by atoms with van der Waals surface area (Å²) >= 11 is 0. The maximum Gasteiger partial charge on any atom is 0.434 e. The van der Waals surface area contributed by atoms with E-state index in [9.17, 15) is 13.2 Å². The molecule has 3 aliphatic rings. The highest BCUT2D eigenvalue weighted by molar-refractivity contribution is 5.62. The molecule has 4 heterocycles. The third kappa shape index (κ3) is 4.73. The fourth-order valence-corrected chi connectivity index (χ4v) is 5.17. The summed E-state index contributed by atoms with van der Waals surface area (Å²) in [6.45, 7) is 0.606. The fraction of sp³-hybridized carbons (Fsp3) is 0.609. The molecule has 6 nitrogen and oxygen atoms in total. The van der Waals surface area contributed by atoms with Crippen molar-refractivity contribution in [1.82, 2.24) is 20.1 Å². The van der Waals surface area contributed by atoms with Gasteiger partial charge < -0.3 is 15.0 Å². The summed E-state index contributed by atoms with van der Waals surface area (Å²) in [6.07, 6.45) is 0.752. The summed E-state index contributed by atoms with van der Waals surface area (Å²) in [6, 6.07) is 6.14. The first-order valence-electron chi connectivity index (χ1n) is 12.2. The molecule has 9 heteroatoms. The van der Waals surface area contributed by atoms with Gasteiger partial charge in [0.25, 0.3) is 0 Å². The molecule has 2 aliphatic heterocycles. The first kappa shape index (κ1) is 19.2. The molecule has 0 bridgehead atoms. The summed E-state index contributed by atoms with van der Waals surface area (Å²) in [5.41, 5.74) is -0.950. The van der Waals surface area contributed by atoms with E-state index in [0.717, 1.165) is 38.3 Å². The average molecular weight is 450 g/mol. The van der Waals surface area contributed by atoms with Gasteiger partial charge in [-0.15, -0.1) is 10.2 Å². The molecule has 3 fully saturated rings. The molecule has 5 rings (SSSR count). The van der Waals surface area contributed by atoms with Crippen LogP contribution in [0.4, 0.5) is 19.0 Å². The minimum Gasteiger partial charge on any atom is -0.377 e. The van der Waals surface area contributed by atoms with Crippen molar-refractivity contribution in [2.24, 2.45) is 11.8 Å². The van der Waals surface area contributed by atoms with Gasteiger partial charge in [-0.05, 0) is 68.2 Å². The van der Waals surface area contributed by atoms with Gasteiger partial charge in [0.15, 0.2) is 5.69 Å². The van der Waals surface area contributed by atoms with Crippen LogP contribution in [-0.2, 0) is 10.9 Å². The van der Waals surface area contributed by atoms with E-state index in [1.807, 2.05) is 4.90 Å². The van der Waals surface area contributed by atoms with Gasteiger partial charge in [-0.25, -0.2) is 0 Å². The van der Waals surface area contributed by atoms with E-state index in [-0.39, 0.29) is 23.4 Å². The number of rotatable bonds is 5. The average Bonchev–Trinajstić information content (AvgIpc) is 3.39. The normalized spacial score (nSPS) is 30.0. The third-order valence-corrected chi connectivity index (χ3v) is 6.63. The topological polar surface area (TPSA) is 63.2 Å². The molecule has 0 amide bonds. The summed E-state index contributed by atoms with van der Waals surface area (Å²) in [7, 11) is 0. The summed E-state index contributed by atoms with van der Waals surface area (Å²) < 4.78 is 62.7. The van der Waals surface area contributed by atoms with Crippen LogP contribution >= 0.6 is 0 Å². The van der Waals surface area contributed by atoms with Crippen LogP contribution in [0, 0.1) is 11.8 Å². The summed E-state index contributed by atoms with van der Waals surface area (Å²) in [4.78, 5) is 5.42. The van der Waals surface area contributed by atoms with E-state index in [4.69, 9.17) is 7.48 Å². The van der Waals surface area contributed by atoms with Crippen LogP contribution in [0.1, 0.15) is 40.5 Å². The Balaban J connectivity index is 1.19. The molecule has 0 aromatic carbocycles. The van der Waals surface area contributed by atoms with Gasteiger partial charge in [-0.3, -0.25) is 4.98 Å². The Morgan fingerprint density at radius 3 is 2.59 bits per heavy atom. The number of nitrogens with one attached hydrogen (secondary N) is 1. The Morgan fingerprint density at radius 1 is 1.12 bits per heavy atom. The number of aromatic nitrogens is 3. The predicted octanol–water partition coefficient (Wildman–Crippen LogP) is 4.25. The number of fused-ring (bicyclic) bond motifs is 1. The predicted molar refractivity (Wildman–Crippen MR) is 114 cm³/mol. The number of nitrogens with zero attached hydrogens (tertiary/aromatic N) is 4. The monoisotopic (exact) mass is 449 g/mol. The van der Waals surface area contributed by atoms with Crippen molar-refractivity contribution in [3.05, 3.63) is 36.2 Å². The Hall–Kier alpha value is -2.26. The highest BCUT2D eigenvalue weighted by Crippen LogP contribution is 2.39. The van der Waals surface area contributed by atoms with E-state index in [1.165, 1.54) is 18.2 Å². The zero-order valence-electron chi connectivity index (χ0n) is 19.7. The Kier molecular flexibility index (Phi) is 5.37. The van der Waals surface area contributed by atoms with E-state index in [1.54, 1.807) is 6.07 Å². The smallest absolute Gasteiger partial charge is 0.377 e. The third-order valence-electron chi connectivity index (χ3n) is 6.63. The molecule has 2 aromatic rings. The van der Waals surface area contributed by atoms with Crippen molar-refractivity contribution in [2.45, 2.75) is 50.4 Å². The van der Waals surface area contributed by atoms with Crippen molar-refractivity contribution in [3.8, 4) is 11.3 Å². The van der Waals surface area contributed by atoms with E-state index < -0.39 is 18.4 Å². The van der Waals surface area contributed by atoms with Crippen molar-refractivity contribution in [3.63, 3.8) is 0 Å². The molecule has 1 saturated carbocycles. The van der Waals surface area contributed by atoms with Crippen LogP contribution in [0.5, 0.6) is 0 Å². The molecule has 32 heavy (non-hydrogen) atoms. The van der Waals surface area contributed by atoms with Gasteiger partial charge in [0.2, 0.25) is 0 Å². The van der Waals surface area contributed by atoms with Gasteiger partial charge in [0.1, 0.15) is 5.82 Å². The lowest BCUT2D eigenvalue weighted by molar-refractivity contribution is -0.140. The Morgan fingerprint density at radius 2 is 1.94 bits per heavy atom. The second-order valence-electron chi connectivity index (χ2n) is 8.92. The molecule has 1 aliphatic carbocycles. The SMILES string of the molecule is [2H]C([2H])([C@H]1CCCCO1)N1CC2CC(Nc3ccc(-c4cccnc4C(F)(F)F)nn3)CC2C1. The van der Waals surface area contributed by atoms with Gasteiger partial charge >= 0.3 is 6.18 Å². The zero-order valence-corrected chi connectivity index (χ0v) is 17.7. The lowest BCUT2D eigenvalue weighted by Crippen LogP contribution is -2.35. The highest BCUT2D eigenvalue weighted by Gasteiger charge is 2.41. The molecular weight excluding hydrogens is 419 g/mol. The maximum absolute atomic E-state index is 13.2. The minimum absolute atomic E-state index is 0.0965. The molecule has 3 atom stereocenters. The van der Waals surface area contributed by atoms with Crippen molar-refractivity contribution in [2.75, 3.05) is 31.5 Å². The number of anilines is 1. The Labute approximate surface area is 188 Å². The molecular formula is C23H28F3N5O. The number of ether oxygens (including phenoxy) is 1. The lowest BCUT2D eigenvalue weighted by atomic mass is 10.0. The molecule has 2 saturated heterocycles. The van der Waals surface area contributed by atoms with Gasteiger partial charge in [0.05, 0.1) is 11.8 Å². The number of likely N-dealkylation sites (tertiary alicyclic amines) is 1. The van der Waals surface area contributed by atoms with E-state index in [2.05, 4.69) is 20.5 Å². The van der Waals surface area contributed by atoms with E-state index >= 15 is 0 Å². The minimum atomic E-state index is -4.57. The molecule has 2 unspecified atom stereocenters. The first-order chi connectivity index (χ1) is 16.2. The second kappa shape index (κ2) is 8.94. The van der Waals surface area contributed by atoms with Crippen molar-refractivity contribution < 1.29 is 20.6 Å². The fourth-order valence-electron chi connectivity index (χ4n) is 5.17. The molecule has 0 radical (unpaired) electrons. The van der Waals surface area contributed by atoms with Crippen LogP contribution in [0.2, 0.25) is 0 Å². The van der Waals surface area contributed by atoms with Crippen molar-refractivity contribution >= 4 is 5.82 Å². The van der Waals surface area contributed by atoms with Crippen LogP contribution in [0.3, 0.4) is 0 Å². The van der Waals surface area contributed by atoms with Crippen LogP contribution < -0.4 is 5.32 Å². The van der Waals surface area contributed by atoms with Gasteiger partial charge in [-0.2, -0.15) is 13.2 Å². The first-order valence-corrected chi connectivity index (χ1v) is 11.2. The Bertz CT molecular complexity index is 987. The summed E-state index contributed by atoms with van der Waals surface area (Å²) in [5, 5.41) is 11.5. The van der Waals surface area contributed by atoms with Crippen LogP contribution in [0.15, 0.2) is 30.5 Å². The summed E-state index contributed by atoms with van der Waals surface area (Å²) in [5.74, 6) is 1.32. The van der Waals surface area contributed by atoms with Crippen molar-refractivity contribution in [1.29, 1.82) is 0 Å². The number of pyridine rings is 1. The number of halogens is 3. The van der Waals surface area contributed by atoms with Crippen LogP contribution in [-0.4, -0.2) is 58.4 Å². The van der Waals surface area contributed by atoms with Crippen LogP contribution in [0.25, 0.3) is 11.3 Å². The quantitative estimate of drug-likeness (QED) is 0.737. The van der Waals surface area contributed by atoms with Gasteiger partial charge in [0, 0.05) is 46.7 Å². The molecule has 172 valence electrons. The number of hydrogen-bond donors (Lipinski definition) is 1. The zero-order chi connectivity index (χ0) is 23.9. The maximum atomic E-state index is 13.2. The lowest BCUT2D eigenvalue weighted by Gasteiger charge is -2.28. The number of alkyl halides is 3. The molecule has 0 spiro atoms. The standard InChI is InChI=1S/C23H28F3N5O/c24-23(25,26)22-19(5-3-8-27-22)20-6-7-21(30-29-20)28-17-10-15-12-31(13-16(15)11-17)14-18-4-1-2-9-32-18/h3,5-8,15-18H,1-2,4,9-14H2,(H,28,30)/t15?,16?,17?,18-/m1/s1/i14D2. The molecule has 2 aromatic heterocycles. The highest BCUT2D eigenvalue weighted by atomic mass is 19.4. The number of hydrogen-bond acceptors (Lipinski definition) is 6. The largest absolute Gasteiger partial charge is 0.434 e. The van der Waals surface area contributed by atoms with E-state index in [0.29, 0.717) is 37.4 Å². The molecule has 1 N–H and O–H groups in total. The van der Waals surface area contributed by atoms with Gasteiger partial charge in [-0.1, -0.05) is 0 Å².